The Morgan fingerprint density at radius 1 is 1.43 bits per heavy atom. The summed E-state index contributed by atoms with van der Waals surface area (Å²) in [6, 6.07) is 6.32. The fourth-order valence-corrected chi connectivity index (χ4v) is 1.57. The summed E-state index contributed by atoms with van der Waals surface area (Å²) in [6.45, 7) is 6.48. The zero-order valence-electron chi connectivity index (χ0n) is 8.96. The molecule has 0 fully saturated rings. The highest BCUT2D eigenvalue weighted by atomic mass is 14.9. The van der Waals surface area contributed by atoms with Crippen LogP contribution < -0.4 is 0 Å². The van der Waals surface area contributed by atoms with Gasteiger partial charge in [-0.05, 0) is 31.0 Å². The maximum absolute atomic E-state index is 4.57. The van der Waals surface area contributed by atoms with Crippen molar-refractivity contribution in [2.24, 2.45) is 0 Å². The van der Waals surface area contributed by atoms with Gasteiger partial charge in [-0.25, -0.2) is 4.98 Å². The van der Waals surface area contributed by atoms with Crippen molar-refractivity contribution in [3.63, 3.8) is 0 Å². The van der Waals surface area contributed by atoms with E-state index in [-0.39, 0.29) is 0 Å². The molecule has 0 bridgehead atoms. The minimum Gasteiger partial charge on any atom is -0.342 e. The predicted octanol–water partition coefficient (Wildman–Crippen LogP) is 3.38. The summed E-state index contributed by atoms with van der Waals surface area (Å²) >= 11 is 0. The van der Waals surface area contributed by atoms with Crippen LogP contribution in [0, 0.1) is 6.92 Å². The Morgan fingerprint density at radius 3 is 2.93 bits per heavy atom. The van der Waals surface area contributed by atoms with Gasteiger partial charge in [0.2, 0.25) is 0 Å². The Kier molecular flexibility index (Phi) is 2.28. The average Bonchev–Trinajstić information content (AvgIpc) is 2.59. The van der Waals surface area contributed by atoms with Gasteiger partial charge in [0.05, 0.1) is 11.0 Å². The molecule has 0 amide bonds. The number of aromatic nitrogens is 2. The van der Waals surface area contributed by atoms with E-state index in [1.165, 1.54) is 5.56 Å². The van der Waals surface area contributed by atoms with Gasteiger partial charge in [0.15, 0.2) is 0 Å². The topological polar surface area (TPSA) is 28.7 Å². The molecule has 0 spiro atoms. The van der Waals surface area contributed by atoms with Gasteiger partial charge in [-0.15, -0.1) is 0 Å². The largest absolute Gasteiger partial charge is 0.342 e. The first-order chi connectivity index (χ1) is 6.70. The van der Waals surface area contributed by atoms with E-state index < -0.39 is 0 Å². The Balaban J connectivity index is 2.51. The van der Waals surface area contributed by atoms with Gasteiger partial charge in [-0.3, -0.25) is 0 Å². The van der Waals surface area contributed by atoms with Crippen molar-refractivity contribution in [2.75, 3.05) is 0 Å². The lowest BCUT2D eigenvalue weighted by atomic mass is 10.1. The molecular weight excluding hydrogens is 172 g/mol. The first-order valence-electron chi connectivity index (χ1n) is 5.17. The smallest absolute Gasteiger partial charge is 0.110 e. The summed E-state index contributed by atoms with van der Waals surface area (Å²) in [5.41, 5.74) is 3.50. The molecule has 2 rings (SSSR count). The van der Waals surface area contributed by atoms with Crippen molar-refractivity contribution in [2.45, 2.75) is 33.1 Å². The standard InChI is InChI=1S/C12H16N2/c1-4-9(3)12-13-10-6-5-8(2)7-11(10)14-12/h5-7,9H,4H2,1-3H3,(H,13,14). The second kappa shape index (κ2) is 3.45. The second-order valence-electron chi connectivity index (χ2n) is 3.95. The molecule has 1 atom stereocenters. The monoisotopic (exact) mass is 188 g/mol. The molecule has 0 aliphatic heterocycles. The van der Waals surface area contributed by atoms with Crippen LogP contribution in [-0.4, -0.2) is 9.97 Å². The van der Waals surface area contributed by atoms with Crippen LogP contribution in [0.5, 0.6) is 0 Å². The molecule has 0 saturated heterocycles. The van der Waals surface area contributed by atoms with Crippen molar-refractivity contribution < 1.29 is 0 Å². The Morgan fingerprint density at radius 2 is 2.21 bits per heavy atom. The van der Waals surface area contributed by atoms with Crippen LogP contribution in [0.25, 0.3) is 11.0 Å². The van der Waals surface area contributed by atoms with Crippen molar-refractivity contribution in [3.8, 4) is 0 Å². The van der Waals surface area contributed by atoms with Crippen molar-refractivity contribution in [3.05, 3.63) is 29.6 Å². The molecule has 14 heavy (non-hydrogen) atoms. The van der Waals surface area contributed by atoms with Crippen LogP contribution >= 0.6 is 0 Å². The highest BCUT2D eigenvalue weighted by Crippen LogP contribution is 2.20. The fourth-order valence-electron chi connectivity index (χ4n) is 1.57. The molecule has 1 heterocycles. The number of imidazole rings is 1. The third-order valence-electron chi connectivity index (χ3n) is 2.73. The third kappa shape index (κ3) is 1.52. The van der Waals surface area contributed by atoms with E-state index in [9.17, 15) is 0 Å². The van der Waals surface area contributed by atoms with Crippen LogP contribution in [-0.2, 0) is 0 Å². The number of hydrogen-bond acceptors (Lipinski definition) is 1. The molecule has 0 aliphatic carbocycles. The van der Waals surface area contributed by atoms with E-state index in [1.54, 1.807) is 0 Å². The highest BCUT2D eigenvalue weighted by Gasteiger charge is 2.08. The molecule has 0 aliphatic rings. The van der Waals surface area contributed by atoms with E-state index in [4.69, 9.17) is 0 Å². The molecular formula is C12H16N2. The number of benzene rings is 1. The van der Waals surface area contributed by atoms with Gasteiger partial charge >= 0.3 is 0 Å². The van der Waals surface area contributed by atoms with Gasteiger partial charge in [0.1, 0.15) is 5.82 Å². The van der Waals surface area contributed by atoms with E-state index in [0.29, 0.717) is 5.92 Å². The zero-order chi connectivity index (χ0) is 10.1. The minimum atomic E-state index is 0.516. The van der Waals surface area contributed by atoms with Crippen LogP contribution in [0.4, 0.5) is 0 Å². The lowest BCUT2D eigenvalue weighted by molar-refractivity contribution is 0.692. The average molecular weight is 188 g/mol. The summed E-state index contributed by atoms with van der Waals surface area (Å²) in [7, 11) is 0. The molecule has 0 radical (unpaired) electrons. The molecule has 74 valence electrons. The summed E-state index contributed by atoms with van der Waals surface area (Å²) in [6.07, 6.45) is 1.12. The second-order valence-corrected chi connectivity index (χ2v) is 3.95. The van der Waals surface area contributed by atoms with Gasteiger partial charge in [0, 0.05) is 5.92 Å². The fraction of sp³-hybridized carbons (Fsp3) is 0.417. The van der Waals surface area contributed by atoms with E-state index in [0.717, 1.165) is 23.3 Å². The molecule has 2 aromatic rings. The number of fused-ring (bicyclic) bond motifs is 1. The number of nitrogens with zero attached hydrogens (tertiary/aromatic N) is 1. The summed E-state index contributed by atoms with van der Waals surface area (Å²) in [5, 5.41) is 0. The van der Waals surface area contributed by atoms with Gasteiger partial charge in [-0.2, -0.15) is 0 Å². The molecule has 1 N–H and O–H groups in total. The van der Waals surface area contributed by atoms with Gasteiger partial charge in [-0.1, -0.05) is 19.9 Å². The third-order valence-corrected chi connectivity index (χ3v) is 2.73. The number of H-pyrrole nitrogens is 1. The minimum absolute atomic E-state index is 0.516. The molecule has 0 saturated carbocycles. The summed E-state index contributed by atoms with van der Waals surface area (Å²) in [5.74, 6) is 1.62. The van der Waals surface area contributed by atoms with Crippen LogP contribution in [0.1, 0.15) is 37.6 Å². The van der Waals surface area contributed by atoms with Crippen LogP contribution in [0.2, 0.25) is 0 Å². The van der Waals surface area contributed by atoms with Gasteiger partial charge < -0.3 is 4.98 Å². The number of hydrogen-bond donors (Lipinski definition) is 1. The van der Waals surface area contributed by atoms with Crippen LogP contribution in [0.3, 0.4) is 0 Å². The van der Waals surface area contributed by atoms with E-state index in [2.05, 4.69) is 48.9 Å². The maximum Gasteiger partial charge on any atom is 0.110 e. The molecule has 1 aromatic heterocycles. The zero-order valence-corrected chi connectivity index (χ0v) is 8.96. The normalized spacial score (nSPS) is 13.4. The van der Waals surface area contributed by atoms with Crippen molar-refractivity contribution in [1.29, 1.82) is 0 Å². The number of nitrogens with one attached hydrogen (secondary N) is 1. The Bertz CT molecular complexity index is 443. The van der Waals surface area contributed by atoms with E-state index >= 15 is 0 Å². The first-order valence-corrected chi connectivity index (χ1v) is 5.17. The molecule has 2 heteroatoms. The van der Waals surface area contributed by atoms with Crippen molar-refractivity contribution in [1.82, 2.24) is 9.97 Å². The summed E-state index contributed by atoms with van der Waals surface area (Å²) in [4.78, 5) is 7.94. The van der Waals surface area contributed by atoms with E-state index in [1.807, 2.05) is 0 Å². The lowest BCUT2D eigenvalue weighted by Crippen LogP contribution is -1.92. The highest BCUT2D eigenvalue weighted by molar-refractivity contribution is 5.75. The van der Waals surface area contributed by atoms with Crippen molar-refractivity contribution >= 4 is 11.0 Å². The van der Waals surface area contributed by atoms with Gasteiger partial charge in [0.25, 0.3) is 0 Å². The Labute approximate surface area is 84.4 Å². The SMILES string of the molecule is CCC(C)c1nc2ccc(C)cc2[nH]1. The molecule has 2 nitrogen and oxygen atoms in total. The first kappa shape index (κ1) is 9.25. The molecule has 1 unspecified atom stereocenters. The lowest BCUT2D eigenvalue weighted by Gasteiger charge is -2.01. The number of aromatic amines is 1. The number of aryl methyl sites for hydroxylation is 1. The quantitative estimate of drug-likeness (QED) is 0.769. The molecule has 1 aromatic carbocycles. The summed E-state index contributed by atoms with van der Waals surface area (Å²) < 4.78 is 0. The Hall–Kier alpha value is -1.31. The van der Waals surface area contributed by atoms with Crippen LogP contribution in [0.15, 0.2) is 18.2 Å². The maximum atomic E-state index is 4.57. The number of rotatable bonds is 2. The predicted molar refractivity (Wildman–Crippen MR) is 59.5 cm³/mol.